The summed E-state index contributed by atoms with van der Waals surface area (Å²) in [5.74, 6) is 0. The van der Waals surface area contributed by atoms with Crippen LogP contribution in [0.5, 0.6) is 0 Å². The minimum Gasteiger partial charge on any atom is -0.288 e. The Morgan fingerprint density at radius 3 is 2.85 bits per heavy atom. The normalized spacial score (nSPS) is 28.5. The van der Waals surface area contributed by atoms with Gasteiger partial charge in [-0.05, 0) is 31.5 Å². The topological polar surface area (TPSA) is 3.24 Å². The molecule has 1 heterocycles. The molecule has 0 saturated carbocycles. The molecule has 1 aromatic carbocycles. The van der Waals surface area contributed by atoms with E-state index in [1.54, 1.807) is 0 Å². The van der Waals surface area contributed by atoms with Crippen LogP contribution < -0.4 is 0 Å². The van der Waals surface area contributed by atoms with Crippen LogP contribution >= 0.6 is 22.6 Å². The molecule has 13 heavy (non-hydrogen) atoms. The SMILES string of the molecule is CN1CCc2ccccc2C1(C)I. The second-order valence-corrected chi connectivity index (χ2v) is 5.88. The Balaban J connectivity index is 2.52. The molecule has 0 saturated heterocycles. The van der Waals surface area contributed by atoms with E-state index in [2.05, 4.69) is 65.7 Å². The van der Waals surface area contributed by atoms with E-state index in [9.17, 15) is 0 Å². The Morgan fingerprint density at radius 1 is 1.38 bits per heavy atom. The first-order valence-corrected chi connectivity index (χ1v) is 5.69. The largest absolute Gasteiger partial charge is 0.288 e. The maximum Gasteiger partial charge on any atom is 0.0956 e. The Hall–Kier alpha value is -0.0900. The van der Waals surface area contributed by atoms with Crippen LogP contribution in [0.4, 0.5) is 0 Å². The van der Waals surface area contributed by atoms with E-state index in [1.807, 2.05) is 0 Å². The molecule has 0 aliphatic carbocycles. The van der Waals surface area contributed by atoms with Crippen LogP contribution in [0.25, 0.3) is 0 Å². The van der Waals surface area contributed by atoms with Gasteiger partial charge in [-0.1, -0.05) is 46.9 Å². The van der Waals surface area contributed by atoms with E-state index in [1.165, 1.54) is 17.5 Å². The zero-order chi connectivity index (χ0) is 9.47. The molecule has 1 atom stereocenters. The number of rotatable bonds is 0. The van der Waals surface area contributed by atoms with Crippen molar-refractivity contribution in [3.63, 3.8) is 0 Å². The van der Waals surface area contributed by atoms with E-state index in [-0.39, 0.29) is 3.55 Å². The number of likely N-dealkylation sites (N-methyl/N-ethyl adjacent to an activating group) is 1. The van der Waals surface area contributed by atoms with Gasteiger partial charge in [-0.2, -0.15) is 0 Å². The molecule has 0 spiro atoms. The smallest absolute Gasteiger partial charge is 0.0956 e. The molecule has 0 fully saturated rings. The zero-order valence-corrected chi connectivity index (χ0v) is 10.2. The van der Waals surface area contributed by atoms with Crippen LogP contribution in [-0.4, -0.2) is 18.5 Å². The third kappa shape index (κ3) is 1.50. The van der Waals surface area contributed by atoms with E-state index in [4.69, 9.17) is 0 Å². The lowest BCUT2D eigenvalue weighted by molar-refractivity contribution is 0.231. The van der Waals surface area contributed by atoms with E-state index in [0.29, 0.717) is 0 Å². The fourth-order valence-corrected chi connectivity index (χ4v) is 2.65. The lowest BCUT2D eigenvalue weighted by Gasteiger charge is -2.39. The number of nitrogens with zero attached hydrogens (tertiary/aromatic N) is 1. The van der Waals surface area contributed by atoms with Crippen molar-refractivity contribution in [1.29, 1.82) is 0 Å². The molecular formula is C11H14IN. The van der Waals surface area contributed by atoms with Crippen molar-refractivity contribution in [2.45, 2.75) is 16.9 Å². The lowest BCUT2D eigenvalue weighted by atomic mass is 9.94. The van der Waals surface area contributed by atoms with Gasteiger partial charge in [0, 0.05) is 6.54 Å². The van der Waals surface area contributed by atoms with Gasteiger partial charge in [0.2, 0.25) is 0 Å². The quantitative estimate of drug-likeness (QED) is 0.403. The monoisotopic (exact) mass is 287 g/mol. The molecule has 0 aromatic heterocycles. The molecule has 0 N–H and O–H groups in total. The van der Waals surface area contributed by atoms with Gasteiger partial charge in [0.25, 0.3) is 0 Å². The highest BCUT2D eigenvalue weighted by Crippen LogP contribution is 2.39. The minimum atomic E-state index is 0.173. The summed E-state index contributed by atoms with van der Waals surface area (Å²) in [6, 6.07) is 8.77. The summed E-state index contributed by atoms with van der Waals surface area (Å²) >= 11 is 2.53. The Morgan fingerprint density at radius 2 is 2.08 bits per heavy atom. The van der Waals surface area contributed by atoms with Crippen LogP contribution in [0.15, 0.2) is 24.3 Å². The summed E-state index contributed by atoms with van der Waals surface area (Å²) in [5, 5.41) is 0. The molecular weight excluding hydrogens is 273 g/mol. The van der Waals surface area contributed by atoms with Crippen molar-refractivity contribution in [3.8, 4) is 0 Å². The first-order valence-electron chi connectivity index (χ1n) is 4.61. The minimum absolute atomic E-state index is 0.173. The molecule has 2 heteroatoms. The number of halogens is 1. The maximum atomic E-state index is 2.53. The molecule has 1 aromatic rings. The summed E-state index contributed by atoms with van der Waals surface area (Å²) in [4.78, 5) is 2.41. The van der Waals surface area contributed by atoms with Crippen LogP contribution in [0, 0.1) is 0 Å². The van der Waals surface area contributed by atoms with Crippen LogP contribution in [-0.2, 0) is 9.97 Å². The van der Waals surface area contributed by atoms with Crippen molar-refractivity contribution in [2.75, 3.05) is 13.6 Å². The van der Waals surface area contributed by atoms with Crippen molar-refractivity contribution < 1.29 is 0 Å². The zero-order valence-electron chi connectivity index (χ0n) is 8.05. The van der Waals surface area contributed by atoms with Gasteiger partial charge in [0.15, 0.2) is 0 Å². The second kappa shape index (κ2) is 3.24. The number of hydrogen-bond donors (Lipinski definition) is 0. The number of benzene rings is 1. The number of hydrogen-bond acceptors (Lipinski definition) is 1. The standard InChI is InChI=1S/C11H14IN/c1-11(12)10-6-4-3-5-9(10)7-8-13(11)2/h3-6H,7-8H2,1-2H3. The van der Waals surface area contributed by atoms with Gasteiger partial charge < -0.3 is 0 Å². The summed E-state index contributed by atoms with van der Waals surface area (Å²) in [7, 11) is 2.20. The van der Waals surface area contributed by atoms with Crippen molar-refractivity contribution in [1.82, 2.24) is 4.90 Å². The third-order valence-corrected chi connectivity index (χ3v) is 4.35. The molecule has 2 rings (SSSR count). The predicted octanol–water partition coefficient (Wildman–Crippen LogP) is 2.78. The van der Waals surface area contributed by atoms with E-state index < -0.39 is 0 Å². The summed E-state index contributed by atoms with van der Waals surface area (Å²) in [6.45, 7) is 3.45. The van der Waals surface area contributed by atoms with E-state index >= 15 is 0 Å². The Labute approximate surface area is 93.3 Å². The van der Waals surface area contributed by atoms with Crippen molar-refractivity contribution in [2.24, 2.45) is 0 Å². The average molecular weight is 287 g/mol. The predicted molar refractivity (Wildman–Crippen MR) is 64.1 cm³/mol. The Kier molecular flexibility index (Phi) is 2.36. The molecule has 0 bridgehead atoms. The average Bonchev–Trinajstić information content (AvgIpc) is 2.13. The molecule has 1 aliphatic heterocycles. The summed E-state index contributed by atoms with van der Waals surface area (Å²) in [6.07, 6.45) is 1.19. The van der Waals surface area contributed by atoms with Gasteiger partial charge in [-0.15, -0.1) is 0 Å². The fraction of sp³-hybridized carbons (Fsp3) is 0.455. The highest BCUT2D eigenvalue weighted by molar-refractivity contribution is 14.1. The first-order chi connectivity index (χ1) is 6.12. The van der Waals surface area contributed by atoms with Gasteiger partial charge in [0.05, 0.1) is 3.55 Å². The number of alkyl halides is 1. The van der Waals surface area contributed by atoms with Gasteiger partial charge in [-0.25, -0.2) is 0 Å². The van der Waals surface area contributed by atoms with E-state index in [0.717, 1.165) is 6.54 Å². The molecule has 0 amide bonds. The number of fused-ring (bicyclic) bond motifs is 1. The molecule has 70 valence electrons. The highest BCUT2D eigenvalue weighted by atomic mass is 127. The van der Waals surface area contributed by atoms with Gasteiger partial charge in [0.1, 0.15) is 0 Å². The van der Waals surface area contributed by atoms with Crippen LogP contribution in [0.1, 0.15) is 18.1 Å². The van der Waals surface area contributed by atoms with Crippen LogP contribution in [0.3, 0.4) is 0 Å². The Bertz CT molecular complexity index is 320. The lowest BCUT2D eigenvalue weighted by Crippen LogP contribution is -2.41. The molecule has 1 nitrogen and oxygen atoms in total. The van der Waals surface area contributed by atoms with Gasteiger partial charge >= 0.3 is 0 Å². The second-order valence-electron chi connectivity index (χ2n) is 3.78. The van der Waals surface area contributed by atoms with Crippen LogP contribution in [0.2, 0.25) is 0 Å². The van der Waals surface area contributed by atoms with Crippen molar-refractivity contribution in [3.05, 3.63) is 35.4 Å². The third-order valence-electron chi connectivity index (χ3n) is 2.94. The van der Waals surface area contributed by atoms with Crippen molar-refractivity contribution >= 4 is 22.6 Å². The molecule has 1 unspecified atom stereocenters. The molecule has 1 aliphatic rings. The summed E-state index contributed by atoms with van der Waals surface area (Å²) in [5.41, 5.74) is 2.99. The summed E-state index contributed by atoms with van der Waals surface area (Å²) < 4.78 is 0.173. The maximum absolute atomic E-state index is 2.53. The highest BCUT2D eigenvalue weighted by Gasteiger charge is 2.32. The van der Waals surface area contributed by atoms with Gasteiger partial charge in [-0.3, -0.25) is 4.90 Å². The molecule has 0 radical (unpaired) electrons. The fourth-order valence-electron chi connectivity index (χ4n) is 1.89. The first kappa shape index (κ1) is 9.46.